The molecule has 0 saturated heterocycles. The highest BCUT2D eigenvalue weighted by molar-refractivity contribution is 7.47. The van der Waals surface area contributed by atoms with Crippen molar-refractivity contribution in [2.24, 2.45) is 0 Å². The number of aliphatic hydroxyl groups is 1. The molecule has 0 heterocycles. The van der Waals surface area contributed by atoms with Crippen LogP contribution in [0.25, 0.3) is 0 Å². The number of hydrogen-bond acceptors (Lipinski definition) is 5. The van der Waals surface area contributed by atoms with Gasteiger partial charge in [0.05, 0.1) is 39.9 Å². The lowest BCUT2D eigenvalue weighted by molar-refractivity contribution is -0.870. The second kappa shape index (κ2) is 64.9. The summed E-state index contributed by atoms with van der Waals surface area (Å²) in [6.45, 7) is 4.83. The number of carbonyl (C=O) groups is 1. The highest BCUT2D eigenvalue weighted by atomic mass is 31.2. The van der Waals surface area contributed by atoms with E-state index in [9.17, 15) is 19.4 Å². The van der Waals surface area contributed by atoms with Crippen molar-refractivity contribution < 1.29 is 32.9 Å². The van der Waals surface area contributed by atoms with Crippen molar-refractivity contribution in [3.05, 3.63) is 48.6 Å². The van der Waals surface area contributed by atoms with Crippen LogP contribution in [-0.2, 0) is 18.4 Å². The number of amides is 1. The molecule has 0 aromatic carbocycles. The fourth-order valence-corrected chi connectivity index (χ4v) is 12.0. The van der Waals surface area contributed by atoms with E-state index in [1.807, 2.05) is 21.1 Å². The maximum absolute atomic E-state index is 13.1. The first-order valence-electron chi connectivity index (χ1n) is 36.5. The monoisotopic (exact) mass is 1190 g/mol. The van der Waals surface area contributed by atoms with E-state index in [2.05, 4.69) is 67.8 Å². The van der Waals surface area contributed by atoms with Crippen LogP contribution in [0, 0.1) is 0 Å². The van der Waals surface area contributed by atoms with Gasteiger partial charge in [0.25, 0.3) is 0 Å². The topological polar surface area (TPSA) is 105 Å². The SMILES string of the molecule is CC/C=C\C/C=C\C/C=C\C/C=C\CCCCCCCCCCCCCCCCCCCCCCC(=O)NC(COP(=O)(O)OCC[N+](C)(C)C)C(O)CCCCCCCCCCCCCCCCCCCCCCCCCCCCCC. The molecule has 0 aliphatic rings. The Labute approximate surface area is 518 Å². The van der Waals surface area contributed by atoms with Crippen molar-refractivity contribution in [1.29, 1.82) is 0 Å². The molecule has 9 heteroatoms. The second-order valence-electron chi connectivity index (χ2n) is 26.3. The lowest BCUT2D eigenvalue weighted by Crippen LogP contribution is -2.46. The zero-order chi connectivity index (χ0) is 60.5. The van der Waals surface area contributed by atoms with E-state index in [1.165, 1.54) is 276 Å². The molecule has 0 rings (SSSR count). The van der Waals surface area contributed by atoms with Gasteiger partial charge in [-0.2, -0.15) is 0 Å². The molecule has 490 valence electrons. The van der Waals surface area contributed by atoms with Gasteiger partial charge in [0.1, 0.15) is 13.2 Å². The summed E-state index contributed by atoms with van der Waals surface area (Å²) < 4.78 is 23.9. The van der Waals surface area contributed by atoms with Crippen LogP contribution in [0.15, 0.2) is 48.6 Å². The van der Waals surface area contributed by atoms with Crippen molar-refractivity contribution in [2.75, 3.05) is 40.9 Å². The molecule has 0 fully saturated rings. The van der Waals surface area contributed by atoms with Crippen LogP contribution in [0.5, 0.6) is 0 Å². The van der Waals surface area contributed by atoms with Crippen molar-refractivity contribution in [1.82, 2.24) is 5.32 Å². The van der Waals surface area contributed by atoms with E-state index in [4.69, 9.17) is 9.05 Å². The number of nitrogens with one attached hydrogen (secondary N) is 1. The minimum atomic E-state index is -4.33. The zero-order valence-electron chi connectivity index (χ0n) is 56.2. The van der Waals surface area contributed by atoms with Crippen LogP contribution in [0.2, 0.25) is 0 Å². The summed E-state index contributed by atoms with van der Waals surface area (Å²) >= 11 is 0. The predicted molar refractivity (Wildman–Crippen MR) is 364 cm³/mol. The van der Waals surface area contributed by atoms with Gasteiger partial charge in [0, 0.05) is 6.42 Å². The number of carbonyl (C=O) groups excluding carboxylic acids is 1. The third-order valence-corrected chi connectivity index (χ3v) is 17.8. The van der Waals surface area contributed by atoms with Crippen LogP contribution >= 0.6 is 7.82 Å². The standard InChI is InChI=1S/C74H143N2O6P/c1-6-8-10-12-14-16-18-20-22-24-26-28-30-32-34-36-37-38-39-40-42-44-46-48-50-52-54-56-58-60-62-64-66-68-74(78)75-72(71-82-83(79,80)81-70-69-76(3,4)5)73(77)67-65-63-61-59-57-55-53-51-49-47-45-43-41-35-33-31-29-27-25-23-21-19-17-15-13-11-9-7-2/h8,10,14,16,20,22,26,28,72-73,77H,6-7,9,11-13,15,17-19,21,23-25,27,29-71H2,1-5H3,(H-,75,78,79,80)/p+1/b10-8-,16-14-,22-20-,28-26-. The van der Waals surface area contributed by atoms with E-state index in [1.54, 1.807) is 0 Å². The van der Waals surface area contributed by atoms with Crippen molar-refractivity contribution >= 4 is 13.7 Å². The van der Waals surface area contributed by atoms with E-state index >= 15 is 0 Å². The second-order valence-corrected chi connectivity index (χ2v) is 27.8. The molecule has 0 aromatic heterocycles. The lowest BCUT2D eigenvalue weighted by atomic mass is 10.0. The molecule has 3 atom stereocenters. The van der Waals surface area contributed by atoms with E-state index in [0.717, 1.165) is 64.2 Å². The molecule has 3 N–H and O–H groups in total. The lowest BCUT2D eigenvalue weighted by Gasteiger charge is -2.26. The first-order chi connectivity index (χ1) is 40.5. The molecule has 0 radical (unpaired) electrons. The van der Waals surface area contributed by atoms with Gasteiger partial charge in [-0.3, -0.25) is 13.8 Å². The number of rotatable bonds is 68. The molecular weight excluding hydrogens is 1040 g/mol. The minimum Gasteiger partial charge on any atom is -0.391 e. The summed E-state index contributed by atoms with van der Waals surface area (Å²) in [6, 6.07) is -0.762. The van der Waals surface area contributed by atoms with Crippen LogP contribution in [0.4, 0.5) is 0 Å². The Hall–Kier alpha value is -1.54. The molecule has 0 saturated carbocycles. The normalized spacial score (nSPS) is 13.9. The van der Waals surface area contributed by atoms with E-state index in [0.29, 0.717) is 23.9 Å². The van der Waals surface area contributed by atoms with Gasteiger partial charge in [-0.05, 0) is 51.4 Å². The Balaban J connectivity index is 3.98. The van der Waals surface area contributed by atoms with E-state index in [-0.39, 0.29) is 19.1 Å². The number of unbranched alkanes of at least 4 members (excludes halogenated alkanes) is 47. The summed E-state index contributed by atoms with van der Waals surface area (Å²) in [4.78, 5) is 23.5. The summed E-state index contributed by atoms with van der Waals surface area (Å²) in [7, 11) is 1.63. The van der Waals surface area contributed by atoms with Gasteiger partial charge in [-0.25, -0.2) is 4.57 Å². The highest BCUT2D eigenvalue weighted by Crippen LogP contribution is 2.43. The van der Waals surface area contributed by atoms with Gasteiger partial charge in [0.15, 0.2) is 0 Å². The van der Waals surface area contributed by atoms with Crippen LogP contribution in [0.1, 0.15) is 367 Å². The average Bonchev–Trinajstić information content (AvgIpc) is 3.49. The highest BCUT2D eigenvalue weighted by Gasteiger charge is 2.28. The predicted octanol–water partition coefficient (Wildman–Crippen LogP) is 23.4. The Morgan fingerprint density at radius 1 is 0.422 bits per heavy atom. The first-order valence-corrected chi connectivity index (χ1v) is 38.0. The summed E-state index contributed by atoms with van der Waals surface area (Å²) in [5.74, 6) is -0.137. The molecule has 0 aliphatic heterocycles. The molecule has 0 aromatic rings. The summed E-state index contributed by atoms with van der Waals surface area (Å²) in [5.41, 5.74) is 0. The van der Waals surface area contributed by atoms with Crippen LogP contribution in [0.3, 0.4) is 0 Å². The van der Waals surface area contributed by atoms with Crippen molar-refractivity contribution in [3.8, 4) is 0 Å². The zero-order valence-corrected chi connectivity index (χ0v) is 57.1. The average molecular weight is 1190 g/mol. The smallest absolute Gasteiger partial charge is 0.391 e. The van der Waals surface area contributed by atoms with Crippen LogP contribution in [-0.4, -0.2) is 73.4 Å². The van der Waals surface area contributed by atoms with Crippen LogP contribution < -0.4 is 5.32 Å². The maximum atomic E-state index is 13.1. The number of phosphoric acid groups is 1. The third-order valence-electron chi connectivity index (χ3n) is 16.8. The Morgan fingerprint density at radius 3 is 1.06 bits per heavy atom. The van der Waals surface area contributed by atoms with Gasteiger partial charge >= 0.3 is 7.82 Å². The Bertz CT molecular complexity index is 1490. The number of phosphoric ester groups is 1. The largest absolute Gasteiger partial charge is 0.472 e. The number of nitrogens with zero attached hydrogens (tertiary/aromatic N) is 1. The Kier molecular flexibility index (Phi) is 63.7. The molecule has 1 amide bonds. The molecule has 0 spiro atoms. The summed E-state index contributed by atoms with van der Waals surface area (Å²) in [6.07, 6.45) is 88.0. The van der Waals surface area contributed by atoms with Gasteiger partial charge in [-0.15, -0.1) is 0 Å². The van der Waals surface area contributed by atoms with Crippen molar-refractivity contribution in [3.63, 3.8) is 0 Å². The van der Waals surface area contributed by atoms with Gasteiger partial charge in [0.2, 0.25) is 5.91 Å². The molecule has 83 heavy (non-hydrogen) atoms. The third kappa shape index (κ3) is 67.8. The molecular formula is C74H144N2O6P+. The van der Waals surface area contributed by atoms with Gasteiger partial charge < -0.3 is 19.8 Å². The Morgan fingerprint density at radius 2 is 0.723 bits per heavy atom. The fourth-order valence-electron chi connectivity index (χ4n) is 11.2. The maximum Gasteiger partial charge on any atom is 0.472 e. The molecule has 0 bridgehead atoms. The fraction of sp³-hybridized carbons (Fsp3) is 0.878. The summed E-state index contributed by atoms with van der Waals surface area (Å²) in [5, 5.41) is 14.2. The first kappa shape index (κ1) is 81.5. The quantitative estimate of drug-likeness (QED) is 0.0243. The molecule has 8 nitrogen and oxygen atoms in total. The number of quaternary nitrogens is 1. The number of allylic oxidation sites excluding steroid dienone is 8. The van der Waals surface area contributed by atoms with Crippen molar-refractivity contribution in [2.45, 2.75) is 379 Å². The number of aliphatic hydroxyl groups excluding tert-OH is 1. The molecule has 3 unspecified atom stereocenters. The molecule has 0 aliphatic carbocycles. The minimum absolute atomic E-state index is 0.0764. The van der Waals surface area contributed by atoms with Gasteiger partial charge in [-0.1, -0.05) is 358 Å². The van der Waals surface area contributed by atoms with E-state index < -0.39 is 20.0 Å². The number of likely N-dealkylation sites (N-methyl/N-ethyl adjacent to an activating group) is 1. The number of hydrogen-bond donors (Lipinski definition) is 3.